The van der Waals surface area contributed by atoms with E-state index in [2.05, 4.69) is 4.99 Å². The van der Waals surface area contributed by atoms with Crippen LogP contribution in [0.4, 0.5) is 0 Å². The number of fused-ring (bicyclic) bond motifs is 1. The number of nitrogens with zero attached hydrogens (tertiary/aromatic N) is 1. The van der Waals surface area contributed by atoms with Gasteiger partial charge in [0.05, 0.1) is 24.7 Å². The van der Waals surface area contributed by atoms with Crippen molar-refractivity contribution in [1.82, 2.24) is 0 Å². The molecule has 0 bridgehead atoms. The molecule has 6 nitrogen and oxygen atoms in total. The number of thioether (sulfide) groups is 1. The molecule has 2 heterocycles. The van der Waals surface area contributed by atoms with Crippen LogP contribution in [0.15, 0.2) is 69.0 Å². The Morgan fingerprint density at radius 3 is 2.55 bits per heavy atom. The normalized spacial score (nSPS) is 19.4. The Labute approximate surface area is 193 Å². The fourth-order valence-electron chi connectivity index (χ4n) is 3.28. The highest BCUT2D eigenvalue weighted by Crippen LogP contribution is 2.43. The van der Waals surface area contributed by atoms with E-state index in [1.165, 1.54) is 0 Å². The van der Waals surface area contributed by atoms with Crippen molar-refractivity contribution in [3.63, 3.8) is 0 Å². The summed E-state index contributed by atoms with van der Waals surface area (Å²) >= 11 is 3.38. The molecule has 2 aromatic carbocycles. The summed E-state index contributed by atoms with van der Waals surface area (Å²) in [4.78, 5) is 31.2. The van der Waals surface area contributed by atoms with E-state index in [1.54, 1.807) is 20.3 Å². The Hall–Kier alpha value is -2.04. The molecule has 0 aromatic heterocycles. The Bertz CT molecular complexity index is 1070. The van der Waals surface area contributed by atoms with Crippen molar-refractivity contribution in [2.75, 3.05) is 14.2 Å². The van der Waals surface area contributed by atoms with E-state index in [-0.39, 0.29) is 23.4 Å². The van der Waals surface area contributed by atoms with E-state index < -0.39 is 0 Å². The second-order valence-electron chi connectivity index (χ2n) is 6.63. The van der Waals surface area contributed by atoms with Gasteiger partial charge in [-0.1, -0.05) is 36.4 Å². The zero-order valence-corrected chi connectivity index (χ0v) is 19.3. The number of aliphatic imine (C=N–C) groups is 1. The zero-order valence-electron chi connectivity index (χ0n) is 16.8. The number of hydrogen-bond acceptors (Lipinski definition) is 9. The third-order valence-electron chi connectivity index (χ3n) is 4.62. The van der Waals surface area contributed by atoms with Gasteiger partial charge in [0, 0.05) is 47.4 Å². The summed E-state index contributed by atoms with van der Waals surface area (Å²) in [5.41, 5.74) is 1.81. The molecule has 0 spiro atoms. The largest absolute Gasteiger partial charge is 0.488 e. The van der Waals surface area contributed by atoms with Crippen LogP contribution in [0.25, 0.3) is 0 Å². The van der Waals surface area contributed by atoms with Gasteiger partial charge in [-0.25, -0.2) is 4.99 Å². The number of carbonyl (C=O) groups is 2. The van der Waals surface area contributed by atoms with Gasteiger partial charge >= 0.3 is 0 Å². The van der Waals surface area contributed by atoms with Crippen molar-refractivity contribution in [2.45, 2.75) is 28.7 Å². The van der Waals surface area contributed by atoms with Crippen LogP contribution < -0.4 is 4.74 Å². The number of rotatable bonds is 7. The molecule has 31 heavy (non-hydrogen) atoms. The molecule has 0 fully saturated rings. The second kappa shape index (κ2) is 10.1. The highest BCUT2D eigenvalue weighted by Gasteiger charge is 2.32. The van der Waals surface area contributed by atoms with Crippen molar-refractivity contribution in [2.24, 2.45) is 4.99 Å². The van der Waals surface area contributed by atoms with Gasteiger partial charge in [-0.05, 0) is 23.9 Å². The molecule has 0 saturated heterocycles. The molecule has 4 rings (SSSR count). The van der Waals surface area contributed by atoms with E-state index >= 15 is 0 Å². The summed E-state index contributed by atoms with van der Waals surface area (Å²) in [7, 11) is 3.12. The van der Waals surface area contributed by atoms with E-state index in [0.717, 1.165) is 46.3 Å². The maximum Gasteiger partial charge on any atom is 0.243 e. The predicted molar refractivity (Wildman–Crippen MR) is 124 cm³/mol. The smallest absolute Gasteiger partial charge is 0.243 e. The number of ketones is 1. The summed E-state index contributed by atoms with van der Waals surface area (Å²) in [5.74, 6) is 0.470. The number of carbonyl (C=O) groups excluding carboxylic acids is 2. The van der Waals surface area contributed by atoms with E-state index in [4.69, 9.17) is 13.1 Å². The number of ether oxygens (including phenoxy) is 1. The summed E-state index contributed by atoms with van der Waals surface area (Å²) < 4.78 is 16.5. The molecule has 2 aromatic rings. The quantitative estimate of drug-likeness (QED) is 0.395. The summed E-state index contributed by atoms with van der Waals surface area (Å²) in [6.07, 6.45) is 1.98. The van der Waals surface area contributed by atoms with Gasteiger partial charge in [-0.15, -0.1) is 0 Å². The highest BCUT2D eigenvalue weighted by molar-refractivity contribution is 8.27. The number of Topliss-reactive ketones (excluding diaryl/α,β-unsaturated/α-hetero) is 1. The standard InChI is InChI=1S/C22H19NO5S3/c1-26-30-17-10-11-18(31-27-2)20-19(17)16(24)12-14(28-20)8-9-15-22(25)29-21(23-15)13-6-4-3-5-7-13/h3-7,9-11,14H,8,12H2,1-2H3. The lowest BCUT2D eigenvalue weighted by molar-refractivity contribution is -0.107. The van der Waals surface area contributed by atoms with Gasteiger partial charge < -0.3 is 13.1 Å². The summed E-state index contributed by atoms with van der Waals surface area (Å²) in [6, 6.07) is 13.3. The van der Waals surface area contributed by atoms with Crippen LogP contribution in [-0.4, -0.2) is 36.3 Å². The molecule has 0 saturated carbocycles. The van der Waals surface area contributed by atoms with Gasteiger partial charge in [0.25, 0.3) is 0 Å². The first kappa shape index (κ1) is 22.2. The van der Waals surface area contributed by atoms with Crippen LogP contribution in [0.5, 0.6) is 5.75 Å². The molecule has 0 amide bonds. The molecule has 9 heteroatoms. The van der Waals surface area contributed by atoms with Crippen molar-refractivity contribution >= 4 is 51.8 Å². The Morgan fingerprint density at radius 2 is 1.81 bits per heavy atom. The molecular formula is C22H19NO5S3. The molecule has 0 aliphatic carbocycles. The zero-order chi connectivity index (χ0) is 21.8. The van der Waals surface area contributed by atoms with Crippen molar-refractivity contribution in [3.8, 4) is 5.75 Å². The van der Waals surface area contributed by atoms with Crippen molar-refractivity contribution in [3.05, 3.63) is 65.4 Å². The van der Waals surface area contributed by atoms with Crippen molar-refractivity contribution in [1.29, 1.82) is 0 Å². The van der Waals surface area contributed by atoms with Crippen LogP contribution in [0.1, 0.15) is 28.8 Å². The first-order valence-corrected chi connectivity index (χ1v) is 11.7. The van der Waals surface area contributed by atoms with E-state index in [9.17, 15) is 9.59 Å². The van der Waals surface area contributed by atoms with Crippen molar-refractivity contribution < 1.29 is 22.7 Å². The topological polar surface area (TPSA) is 74.2 Å². The SMILES string of the molecule is COSc1ccc(SOC)c2c1OC(CC=C1N=C(c3ccccc3)SC1=O)CC2=O. The van der Waals surface area contributed by atoms with Gasteiger partial charge in [0.1, 0.15) is 22.6 Å². The predicted octanol–water partition coefficient (Wildman–Crippen LogP) is 5.32. The molecule has 1 unspecified atom stereocenters. The lowest BCUT2D eigenvalue weighted by Gasteiger charge is -2.27. The lowest BCUT2D eigenvalue weighted by Crippen LogP contribution is -2.27. The van der Waals surface area contributed by atoms with Gasteiger partial charge in [-0.2, -0.15) is 0 Å². The van der Waals surface area contributed by atoms with Gasteiger partial charge in [-0.3, -0.25) is 9.59 Å². The molecule has 1 atom stereocenters. The Balaban J connectivity index is 1.56. The van der Waals surface area contributed by atoms with Gasteiger partial charge in [0.2, 0.25) is 5.12 Å². The molecular weight excluding hydrogens is 454 g/mol. The highest BCUT2D eigenvalue weighted by atomic mass is 32.2. The molecule has 0 N–H and O–H groups in total. The fraction of sp³-hybridized carbons (Fsp3) is 0.227. The monoisotopic (exact) mass is 473 g/mol. The minimum atomic E-state index is -0.389. The third kappa shape index (κ3) is 4.91. The third-order valence-corrected chi connectivity index (χ3v) is 6.89. The van der Waals surface area contributed by atoms with Crippen LogP contribution >= 0.6 is 35.8 Å². The average Bonchev–Trinajstić information content (AvgIpc) is 3.15. The molecule has 0 radical (unpaired) electrons. The van der Waals surface area contributed by atoms with Crippen LogP contribution in [-0.2, 0) is 13.2 Å². The molecule has 160 valence electrons. The summed E-state index contributed by atoms with van der Waals surface area (Å²) in [6.45, 7) is 0. The van der Waals surface area contributed by atoms with Crippen LogP contribution in [0.2, 0.25) is 0 Å². The van der Waals surface area contributed by atoms with E-state index in [1.807, 2.05) is 42.5 Å². The Kier molecular flexibility index (Phi) is 7.19. The average molecular weight is 474 g/mol. The fourth-order valence-corrected chi connectivity index (χ4v) is 5.21. The first-order valence-electron chi connectivity index (χ1n) is 9.45. The minimum Gasteiger partial charge on any atom is -0.488 e. The second-order valence-corrected chi connectivity index (χ2v) is 9.47. The van der Waals surface area contributed by atoms with Gasteiger partial charge in [0.15, 0.2) is 5.78 Å². The minimum absolute atomic E-state index is 0.0247. The lowest BCUT2D eigenvalue weighted by atomic mass is 9.98. The molecule has 2 aliphatic heterocycles. The maximum absolute atomic E-state index is 12.9. The summed E-state index contributed by atoms with van der Waals surface area (Å²) in [5, 5.41) is 0.582. The Morgan fingerprint density at radius 1 is 1.10 bits per heavy atom. The van der Waals surface area contributed by atoms with Crippen LogP contribution in [0, 0.1) is 0 Å². The molecule has 2 aliphatic rings. The maximum atomic E-state index is 12.9. The van der Waals surface area contributed by atoms with Crippen LogP contribution in [0.3, 0.4) is 0 Å². The number of benzene rings is 2. The van der Waals surface area contributed by atoms with E-state index in [0.29, 0.717) is 33.4 Å². The first-order chi connectivity index (χ1) is 15.1. The number of hydrogen-bond donors (Lipinski definition) is 0.